The molecule has 8 heteroatoms. The maximum atomic E-state index is 13.9. The zero-order valence-electron chi connectivity index (χ0n) is 17.5. The Balaban J connectivity index is 1.49. The van der Waals surface area contributed by atoms with Crippen molar-refractivity contribution in [1.29, 1.82) is 0 Å². The molecule has 2 heterocycles. The van der Waals surface area contributed by atoms with Crippen molar-refractivity contribution in [3.8, 4) is 0 Å². The van der Waals surface area contributed by atoms with E-state index in [1.165, 1.54) is 25.2 Å². The Kier molecular flexibility index (Phi) is 6.16. The Morgan fingerprint density at radius 2 is 2.03 bits per heavy atom. The predicted octanol–water partition coefficient (Wildman–Crippen LogP) is 3.84. The van der Waals surface area contributed by atoms with E-state index in [1.807, 2.05) is 31.2 Å². The molecule has 1 aromatic heterocycles. The molecule has 162 valence electrons. The molecule has 0 unspecified atom stereocenters. The van der Waals surface area contributed by atoms with Crippen molar-refractivity contribution in [1.82, 2.24) is 15.3 Å². The standard InChI is InChI=1S/C23H26FN5O2/c1-2-6-19(28-22(30)18-11-15(24)12-20-21(18)26-14-25-20)23(31)27-16-7-5-8-17(13-16)29-9-3-4-10-29/h5,7-8,11-14,19H,2-4,6,9-10H2,1H3,(H,25,26)(H,27,31)(H,28,30)/t19-/m1/s1. The Morgan fingerprint density at radius 3 is 2.81 bits per heavy atom. The highest BCUT2D eigenvalue weighted by atomic mass is 19.1. The molecule has 3 aromatic rings. The van der Waals surface area contributed by atoms with Crippen LogP contribution in [0.4, 0.5) is 15.8 Å². The van der Waals surface area contributed by atoms with Crippen molar-refractivity contribution in [3.63, 3.8) is 0 Å². The maximum absolute atomic E-state index is 13.9. The minimum absolute atomic E-state index is 0.0983. The van der Waals surface area contributed by atoms with Gasteiger partial charge in [0.05, 0.1) is 17.4 Å². The normalized spacial score (nSPS) is 14.6. The highest BCUT2D eigenvalue weighted by Gasteiger charge is 2.23. The molecule has 1 aliphatic heterocycles. The van der Waals surface area contributed by atoms with Crippen LogP contribution in [0.15, 0.2) is 42.7 Å². The van der Waals surface area contributed by atoms with Gasteiger partial charge >= 0.3 is 0 Å². The van der Waals surface area contributed by atoms with E-state index < -0.39 is 17.8 Å². The molecule has 1 aliphatic rings. The first kappa shape index (κ1) is 20.8. The van der Waals surface area contributed by atoms with E-state index in [4.69, 9.17) is 0 Å². The van der Waals surface area contributed by atoms with Crippen molar-refractivity contribution >= 4 is 34.2 Å². The van der Waals surface area contributed by atoms with Gasteiger partial charge in [0.2, 0.25) is 5.91 Å². The van der Waals surface area contributed by atoms with Gasteiger partial charge in [-0.3, -0.25) is 9.59 Å². The van der Waals surface area contributed by atoms with Crippen LogP contribution in [0.3, 0.4) is 0 Å². The smallest absolute Gasteiger partial charge is 0.254 e. The number of nitrogens with one attached hydrogen (secondary N) is 3. The molecule has 2 amide bonds. The molecule has 2 aromatic carbocycles. The van der Waals surface area contributed by atoms with Crippen LogP contribution < -0.4 is 15.5 Å². The molecule has 0 saturated carbocycles. The Bertz CT molecular complexity index is 1090. The van der Waals surface area contributed by atoms with E-state index in [-0.39, 0.29) is 11.5 Å². The lowest BCUT2D eigenvalue weighted by molar-refractivity contribution is -0.118. The van der Waals surface area contributed by atoms with Gasteiger partial charge in [-0.05, 0) is 49.6 Å². The van der Waals surface area contributed by atoms with Gasteiger partial charge in [-0.15, -0.1) is 0 Å². The zero-order chi connectivity index (χ0) is 21.8. The SMILES string of the molecule is CCC[C@@H](NC(=O)c1cc(F)cc2[nH]cnc12)C(=O)Nc1cccc(N2CCCC2)c1. The van der Waals surface area contributed by atoms with Gasteiger partial charge in [-0.2, -0.15) is 0 Å². The number of rotatable bonds is 7. The number of H-pyrrole nitrogens is 1. The number of nitrogens with zero attached hydrogens (tertiary/aromatic N) is 2. The summed E-state index contributed by atoms with van der Waals surface area (Å²) >= 11 is 0. The number of carbonyl (C=O) groups is 2. The number of aromatic amines is 1. The van der Waals surface area contributed by atoms with Crippen molar-refractivity contribution in [2.45, 2.75) is 38.6 Å². The van der Waals surface area contributed by atoms with Gasteiger partial charge in [-0.1, -0.05) is 19.4 Å². The molecule has 3 N–H and O–H groups in total. The molecule has 1 fully saturated rings. The number of aromatic nitrogens is 2. The van der Waals surface area contributed by atoms with Crippen LogP contribution in [0, 0.1) is 5.82 Å². The van der Waals surface area contributed by atoms with Gasteiger partial charge in [0.25, 0.3) is 5.91 Å². The molecule has 1 atom stereocenters. The van der Waals surface area contributed by atoms with Gasteiger partial charge < -0.3 is 20.5 Å². The number of halogens is 1. The lowest BCUT2D eigenvalue weighted by Crippen LogP contribution is -2.43. The molecule has 7 nitrogen and oxygen atoms in total. The van der Waals surface area contributed by atoms with E-state index in [0.29, 0.717) is 29.6 Å². The average Bonchev–Trinajstić information content (AvgIpc) is 3.45. The third-order valence-electron chi connectivity index (χ3n) is 5.52. The van der Waals surface area contributed by atoms with Crippen LogP contribution >= 0.6 is 0 Å². The number of anilines is 2. The number of benzene rings is 2. The van der Waals surface area contributed by atoms with Crippen LogP contribution in [0.5, 0.6) is 0 Å². The second kappa shape index (κ2) is 9.16. The zero-order valence-corrected chi connectivity index (χ0v) is 17.5. The fourth-order valence-corrected chi connectivity index (χ4v) is 3.97. The van der Waals surface area contributed by atoms with Gasteiger partial charge in [0.1, 0.15) is 17.4 Å². The minimum Gasteiger partial charge on any atom is -0.371 e. The Labute approximate surface area is 180 Å². The second-order valence-electron chi connectivity index (χ2n) is 7.80. The van der Waals surface area contributed by atoms with Crippen LogP contribution in [-0.2, 0) is 4.79 Å². The van der Waals surface area contributed by atoms with Crippen LogP contribution in [-0.4, -0.2) is 40.9 Å². The second-order valence-corrected chi connectivity index (χ2v) is 7.80. The van der Waals surface area contributed by atoms with E-state index >= 15 is 0 Å². The third-order valence-corrected chi connectivity index (χ3v) is 5.52. The summed E-state index contributed by atoms with van der Waals surface area (Å²) in [5.41, 5.74) is 2.66. The molecule has 0 spiro atoms. The summed E-state index contributed by atoms with van der Waals surface area (Å²) < 4.78 is 13.9. The number of hydrogen-bond acceptors (Lipinski definition) is 4. The number of carbonyl (C=O) groups excluding carboxylic acids is 2. The average molecular weight is 423 g/mol. The first-order chi connectivity index (χ1) is 15.0. The van der Waals surface area contributed by atoms with Crippen molar-refractivity contribution in [2.24, 2.45) is 0 Å². The Morgan fingerprint density at radius 1 is 1.23 bits per heavy atom. The van der Waals surface area contributed by atoms with Crippen molar-refractivity contribution < 1.29 is 14.0 Å². The van der Waals surface area contributed by atoms with E-state index in [0.717, 1.165) is 24.8 Å². The molecular formula is C23H26FN5O2. The van der Waals surface area contributed by atoms with Crippen LogP contribution in [0.1, 0.15) is 43.0 Å². The van der Waals surface area contributed by atoms with Gasteiger partial charge in [0.15, 0.2) is 0 Å². The van der Waals surface area contributed by atoms with Crippen LogP contribution in [0.2, 0.25) is 0 Å². The topological polar surface area (TPSA) is 90.1 Å². The number of imidazole rings is 1. The molecule has 0 bridgehead atoms. The van der Waals surface area contributed by atoms with Crippen LogP contribution in [0.25, 0.3) is 11.0 Å². The summed E-state index contributed by atoms with van der Waals surface area (Å²) in [5.74, 6) is -1.38. The summed E-state index contributed by atoms with van der Waals surface area (Å²) in [7, 11) is 0. The first-order valence-electron chi connectivity index (χ1n) is 10.6. The highest BCUT2D eigenvalue weighted by molar-refractivity contribution is 6.07. The third kappa shape index (κ3) is 4.68. The predicted molar refractivity (Wildman–Crippen MR) is 119 cm³/mol. The maximum Gasteiger partial charge on any atom is 0.254 e. The number of amides is 2. The van der Waals surface area contributed by atoms with Crippen molar-refractivity contribution in [2.75, 3.05) is 23.3 Å². The molecular weight excluding hydrogens is 397 g/mol. The molecule has 0 aliphatic carbocycles. The highest BCUT2D eigenvalue weighted by Crippen LogP contribution is 2.24. The van der Waals surface area contributed by atoms with E-state index in [2.05, 4.69) is 25.5 Å². The fraction of sp³-hybridized carbons (Fsp3) is 0.348. The summed E-state index contributed by atoms with van der Waals surface area (Å²) in [6.45, 7) is 3.97. The molecule has 1 saturated heterocycles. The molecule has 31 heavy (non-hydrogen) atoms. The first-order valence-corrected chi connectivity index (χ1v) is 10.6. The summed E-state index contributed by atoms with van der Waals surface area (Å²) in [4.78, 5) is 35.0. The molecule has 0 radical (unpaired) electrons. The largest absolute Gasteiger partial charge is 0.371 e. The Hall–Kier alpha value is -3.42. The lowest BCUT2D eigenvalue weighted by atomic mass is 10.1. The number of hydrogen-bond donors (Lipinski definition) is 3. The van der Waals surface area contributed by atoms with Gasteiger partial charge in [-0.25, -0.2) is 9.37 Å². The van der Waals surface area contributed by atoms with Crippen molar-refractivity contribution in [3.05, 3.63) is 54.1 Å². The minimum atomic E-state index is -0.745. The molecule has 4 rings (SSSR count). The summed E-state index contributed by atoms with van der Waals surface area (Å²) in [6, 6.07) is 9.41. The number of fused-ring (bicyclic) bond motifs is 1. The lowest BCUT2D eigenvalue weighted by Gasteiger charge is -2.20. The summed E-state index contributed by atoms with van der Waals surface area (Å²) in [6.07, 6.45) is 4.91. The van der Waals surface area contributed by atoms with E-state index in [9.17, 15) is 14.0 Å². The van der Waals surface area contributed by atoms with Gasteiger partial charge in [0, 0.05) is 24.5 Å². The fourth-order valence-electron chi connectivity index (χ4n) is 3.97. The summed E-state index contributed by atoms with van der Waals surface area (Å²) in [5, 5.41) is 5.67. The van der Waals surface area contributed by atoms with E-state index in [1.54, 1.807) is 0 Å². The quantitative estimate of drug-likeness (QED) is 0.539. The monoisotopic (exact) mass is 423 g/mol.